The van der Waals surface area contributed by atoms with Crippen LogP contribution in [0.1, 0.15) is 5.56 Å². The van der Waals surface area contributed by atoms with Crippen LogP contribution in [0, 0.1) is 0 Å². The zero-order valence-corrected chi connectivity index (χ0v) is 17.3. The second-order valence-electron chi connectivity index (χ2n) is 6.51. The van der Waals surface area contributed by atoms with Gasteiger partial charge in [0.05, 0.1) is 19.1 Å². The lowest BCUT2D eigenvalue weighted by Crippen LogP contribution is -2.50. The van der Waals surface area contributed by atoms with E-state index in [1.807, 2.05) is 24.3 Å². The van der Waals surface area contributed by atoms with E-state index in [2.05, 4.69) is 0 Å². The first-order chi connectivity index (χ1) is 13.9. The number of nitrogens with zero attached hydrogens (tertiary/aromatic N) is 2. The maximum absolute atomic E-state index is 12.8. The van der Waals surface area contributed by atoms with Crippen LogP contribution in [-0.4, -0.2) is 63.9 Å². The van der Waals surface area contributed by atoms with Crippen molar-refractivity contribution in [1.82, 2.24) is 9.21 Å². The summed E-state index contributed by atoms with van der Waals surface area (Å²) in [5.41, 5.74) is 0.889. The molecule has 1 heterocycles. The highest BCUT2D eigenvalue weighted by Crippen LogP contribution is 2.21. The zero-order chi connectivity index (χ0) is 20.9. The molecule has 0 atom stereocenters. The van der Waals surface area contributed by atoms with Crippen molar-refractivity contribution in [1.29, 1.82) is 0 Å². The largest absolute Gasteiger partial charge is 0.497 e. The predicted molar refractivity (Wildman–Crippen MR) is 110 cm³/mol. The van der Waals surface area contributed by atoms with Gasteiger partial charge < -0.3 is 14.4 Å². The van der Waals surface area contributed by atoms with Gasteiger partial charge in [-0.1, -0.05) is 12.1 Å². The van der Waals surface area contributed by atoms with Crippen molar-refractivity contribution < 1.29 is 22.7 Å². The van der Waals surface area contributed by atoms with Crippen molar-refractivity contribution in [2.75, 3.05) is 40.4 Å². The lowest BCUT2D eigenvalue weighted by atomic mass is 10.2. The second kappa shape index (κ2) is 9.11. The number of amides is 1. The number of piperazine rings is 1. The number of benzene rings is 2. The van der Waals surface area contributed by atoms with Gasteiger partial charge in [-0.15, -0.1) is 0 Å². The molecule has 1 fully saturated rings. The molecular weight excluding hydrogens is 392 g/mol. The van der Waals surface area contributed by atoms with Gasteiger partial charge in [0.25, 0.3) is 0 Å². The maximum Gasteiger partial charge on any atom is 0.246 e. The molecule has 7 nitrogen and oxygen atoms in total. The van der Waals surface area contributed by atoms with Crippen LogP contribution in [0.5, 0.6) is 11.5 Å². The van der Waals surface area contributed by atoms with E-state index in [-0.39, 0.29) is 23.9 Å². The number of ether oxygens (including phenoxy) is 2. The molecule has 2 aromatic carbocycles. The first kappa shape index (κ1) is 20.9. The van der Waals surface area contributed by atoms with E-state index in [9.17, 15) is 13.2 Å². The van der Waals surface area contributed by atoms with Crippen LogP contribution in [0.4, 0.5) is 0 Å². The van der Waals surface area contributed by atoms with Gasteiger partial charge in [0, 0.05) is 32.3 Å². The first-order valence-electron chi connectivity index (χ1n) is 9.19. The Labute approximate surface area is 171 Å². The summed E-state index contributed by atoms with van der Waals surface area (Å²) < 4.78 is 37.2. The fraction of sp³-hybridized carbons (Fsp3) is 0.286. The highest BCUT2D eigenvalue weighted by Gasteiger charge is 2.29. The van der Waals surface area contributed by atoms with Crippen LogP contribution in [0.15, 0.2) is 59.5 Å². The van der Waals surface area contributed by atoms with Gasteiger partial charge in [-0.3, -0.25) is 4.79 Å². The first-order valence-corrected chi connectivity index (χ1v) is 10.6. The van der Waals surface area contributed by atoms with E-state index in [1.165, 1.54) is 29.6 Å². The summed E-state index contributed by atoms with van der Waals surface area (Å²) in [5.74, 6) is 1.22. The van der Waals surface area contributed by atoms with E-state index in [4.69, 9.17) is 9.47 Å². The number of sulfonamides is 1. The van der Waals surface area contributed by atoms with Crippen LogP contribution in [0.2, 0.25) is 0 Å². The normalized spacial score (nSPS) is 15.4. The lowest BCUT2D eigenvalue weighted by molar-refractivity contribution is -0.127. The zero-order valence-electron chi connectivity index (χ0n) is 16.4. The minimum absolute atomic E-state index is 0.137. The van der Waals surface area contributed by atoms with E-state index >= 15 is 0 Å². The van der Waals surface area contributed by atoms with Gasteiger partial charge in [-0.2, -0.15) is 4.31 Å². The lowest BCUT2D eigenvalue weighted by Gasteiger charge is -2.33. The van der Waals surface area contributed by atoms with E-state index in [1.54, 1.807) is 30.2 Å². The minimum Gasteiger partial charge on any atom is -0.497 e. The molecule has 1 aliphatic rings. The van der Waals surface area contributed by atoms with Gasteiger partial charge in [-0.05, 0) is 48.0 Å². The fourth-order valence-corrected chi connectivity index (χ4v) is 4.46. The molecule has 29 heavy (non-hydrogen) atoms. The Morgan fingerprint density at radius 2 is 1.38 bits per heavy atom. The van der Waals surface area contributed by atoms with E-state index < -0.39 is 10.0 Å². The third kappa shape index (κ3) is 4.96. The molecule has 0 bridgehead atoms. The number of hydrogen-bond acceptors (Lipinski definition) is 5. The third-order valence-corrected chi connectivity index (χ3v) is 6.69. The van der Waals surface area contributed by atoms with Gasteiger partial charge in [-0.25, -0.2) is 8.42 Å². The summed E-state index contributed by atoms with van der Waals surface area (Å²) in [6.45, 7) is 1.22. The number of rotatable bonds is 6. The van der Waals surface area contributed by atoms with Crippen molar-refractivity contribution in [3.63, 3.8) is 0 Å². The maximum atomic E-state index is 12.8. The molecule has 0 aromatic heterocycles. The second-order valence-corrected chi connectivity index (χ2v) is 8.45. The topological polar surface area (TPSA) is 76.2 Å². The van der Waals surface area contributed by atoms with Crippen molar-refractivity contribution in [3.05, 3.63) is 60.2 Å². The molecule has 0 saturated carbocycles. The summed E-state index contributed by atoms with van der Waals surface area (Å²) in [4.78, 5) is 14.3. The Hall–Kier alpha value is -2.84. The van der Waals surface area contributed by atoms with Crippen LogP contribution in [-0.2, 0) is 14.8 Å². The van der Waals surface area contributed by atoms with Crippen molar-refractivity contribution in [2.24, 2.45) is 0 Å². The van der Waals surface area contributed by atoms with Gasteiger partial charge in [0.2, 0.25) is 15.9 Å². The Morgan fingerprint density at radius 3 is 1.90 bits per heavy atom. The monoisotopic (exact) mass is 416 g/mol. The quantitative estimate of drug-likeness (QED) is 0.675. The summed E-state index contributed by atoms with van der Waals surface area (Å²) >= 11 is 0. The molecule has 0 aliphatic carbocycles. The van der Waals surface area contributed by atoms with E-state index in [0.717, 1.165) is 11.3 Å². The molecule has 2 aromatic rings. The Bertz CT molecular complexity index is 961. The standard InChI is InChI=1S/C21H24N2O5S/c1-27-18-6-3-17(4-7-18)5-12-21(24)22-13-15-23(16-14-22)29(25,26)20-10-8-19(28-2)9-11-20/h3-12H,13-16H2,1-2H3/b12-5+. The molecule has 0 N–H and O–H groups in total. The SMILES string of the molecule is COc1ccc(/C=C/C(=O)N2CCN(S(=O)(=O)c3ccc(OC)cc3)CC2)cc1. The third-order valence-electron chi connectivity index (χ3n) is 4.78. The number of methoxy groups -OCH3 is 2. The molecule has 3 rings (SSSR count). The van der Waals surface area contributed by atoms with Crippen LogP contribution in [0.25, 0.3) is 6.08 Å². The van der Waals surface area contributed by atoms with Crippen molar-refractivity contribution in [3.8, 4) is 11.5 Å². The Balaban J connectivity index is 1.58. The molecule has 1 aliphatic heterocycles. The average molecular weight is 416 g/mol. The van der Waals surface area contributed by atoms with Gasteiger partial charge in [0.1, 0.15) is 11.5 Å². The Morgan fingerprint density at radius 1 is 0.862 bits per heavy atom. The number of carbonyl (C=O) groups is 1. The Kier molecular flexibility index (Phi) is 6.56. The average Bonchev–Trinajstić information content (AvgIpc) is 2.78. The molecule has 0 radical (unpaired) electrons. The highest BCUT2D eigenvalue weighted by atomic mass is 32.2. The van der Waals surface area contributed by atoms with Crippen LogP contribution < -0.4 is 9.47 Å². The molecule has 1 amide bonds. The van der Waals surface area contributed by atoms with Gasteiger partial charge in [0.15, 0.2) is 0 Å². The van der Waals surface area contributed by atoms with Crippen molar-refractivity contribution >= 4 is 22.0 Å². The molecule has 1 saturated heterocycles. The molecule has 8 heteroatoms. The minimum atomic E-state index is -3.59. The smallest absolute Gasteiger partial charge is 0.246 e. The summed E-state index contributed by atoms with van der Waals surface area (Å²) in [6.07, 6.45) is 3.25. The van der Waals surface area contributed by atoms with Crippen LogP contribution in [0.3, 0.4) is 0 Å². The predicted octanol–water partition coefficient (Wildman–Crippen LogP) is 2.25. The highest BCUT2D eigenvalue weighted by molar-refractivity contribution is 7.89. The summed E-state index contributed by atoms with van der Waals surface area (Å²) in [5, 5.41) is 0. The number of carbonyl (C=O) groups excluding carboxylic acids is 1. The summed E-state index contributed by atoms with van der Waals surface area (Å²) in [7, 11) is -0.457. The molecule has 0 unspecified atom stereocenters. The molecule has 154 valence electrons. The van der Waals surface area contributed by atoms with Crippen LogP contribution >= 0.6 is 0 Å². The number of hydrogen-bond donors (Lipinski definition) is 0. The van der Waals surface area contributed by atoms with E-state index in [0.29, 0.717) is 18.8 Å². The summed E-state index contributed by atoms with van der Waals surface area (Å²) in [6, 6.07) is 13.7. The van der Waals surface area contributed by atoms with Crippen molar-refractivity contribution in [2.45, 2.75) is 4.90 Å². The fourth-order valence-electron chi connectivity index (χ4n) is 3.03. The van der Waals surface area contributed by atoms with Gasteiger partial charge >= 0.3 is 0 Å². The molecule has 0 spiro atoms. The molecular formula is C21H24N2O5S.